The van der Waals surface area contributed by atoms with Gasteiger partial charge in [0.1, 0.15) is 0 Å². The van der Waals surface area contributed by atoms with Gasteiger partial charge >= 0.3 is 0 Å². The fraction of sp³-hybridized carbons (Fsp3) is 0.480. The molecule has 1 saturated heterocycles. The molecule has 2 aromatic carbocycles. The molecule has 1 aliphatic carbocycles. The number of halogens is 1. The number of nitrogens with one attached hydrogen (secondary N) is 1. The third-order valence-corrected chi connectivity index (χ3v) is 8.67. The van der Waals surface area contributed by atoms with Crippen LogP contribution in [-0.4, -0.2) is 31.7 Å². The average Bonchev–Trinajstić information content (AvgIpc) is 2.78. The number of hydrogen-bond acceptors (Lipinski definition) is 3. The summed E-state index contributed by atoms with van der Waals surface area (Å²) in [5.41, 5.74) is 4.59. The highest BCUT2D eigenvalue weighted by Gasteiger charge is 2.33. The van der Waals surface area contributed by atoms with Crippen molar-refractivity contribution in [2.75, 3.05) is 13.1 Å². The summed E-state index contributed by atoms with van der Waals surface area (Å²) in [6.45, 7) is 2.68. The SMILES string of the molecule is C[C@H](NC(=O)[C@H]1CCCN(S(=O)(=O)Cc2cccc(Cl)c2)C1)c1ccc2c(c1)CCCC2. The van der Waals surface area contributed by atoms with Gasteiger partial charge in [-0.1, -0.05) is 41.9 Å². The van der Waals surface area contributed by atoms with Crippen molar-refractivity contribution in [1.29, 1.82) is 0 Å². The van der Waals surface area contributed by atoms with Crippen LogP contribution < -0.4 is 5.32 Å². The topological polar surface area (TPSA) is 66.5 Å². The molecule has 5 nitrogen and oxygen atoms in total. The molecule has 32 heavy (non-hydrogen) atoms. The van der Waals surface area contributed by atoms with Crippen LogP contribution in [0.4, 0.5) is 0 Å². The quantitative estimate of drug-likeness (QED) is 0.663. The number of benzene rings is 2. The predicted molar refractivity (Wildman–Crippen MR) is 128 cm³/mol. The van der Waals surface area contributed by atoms with Crippen molar-refractivity contribution in [1.82, 2.24) is 9.62 Å². The molecule has 1 amide bonds. The summed E-state index contributed by atoms with van der Waals surface area (Å²) in [4.78, 5) is 13.0. The minimum Gasteiger partial charge on any atom is -0.349 e. The predicted octanol–water partition coefficient (Wildman–Crippen LogP) is 4.64. The van der Waals surface area contributed by atoms with Gasteiger partial charge in [0.15, 0.2) is 0 Å². The molecule has 2 aliphatic rings. The second kappa shape index (κ2) is 9.94. The molecule has 7 heteroatoms. The van der Waals surface area contributed by atoms with Crippen LogP contribution in [0.25, 0.3) is 0 Å². The van der Waals surface area contributed by atoms with E-state index in [-0.39, 0.29) is 30.2 Å². The van der Waals surface area contributed by atoms with Crippen LogP contribution in [0.5, 0.6) is 0 Å². The van der Waals surface area contributed by atoms with Crippen LogP contribution in [-0.2, 0) is 33.4 Å². The summed E-state index contributed by atoms with van der Waals surface area (Å²) < 4.78 is 27.4. The van der Waals surface area contributed by atoms with Gasteiger partial charge in [-0.25, -0.2) is 12.7 Å². The Hall–Kier alpha value is -1.89. The molecule has 2 atom stereocenters. The summed E-state index contributed by atoms with van der Waals surface area (Å²) in [5.74, 6) is -0.510. The molecule has 0 bridgehead atoms. The molecule has 1 heterocycles. The van der Waals surface area contributed by atoms with E-state index < -0.39 is 10.0 Å². The fourth-order valence-corrected chi connectivity index (χ4v) is 6.59. The summed E-state index contributed by atoms with van der Waals surface area (Å²) in [7, 11) is -3.52. The van der Waals surface area contributed by atoms with Crippen molar-refractivity contribution in [3.05, 3.63) is 69.7 Å². The second-order valence-electron chi connectivity index (χ2n) is 9.05. The minimum atomic E-state index is -3.52. The molecule has 0 unspecified atom stereocenters. The van der Waals surface area contributed by atoms with Gasteiger partial charge in [0.05, 0.1) is 17.7 Å². The molecule has 172 valence electrons. The van der Waals surface area contributed by atoms with E-state index in [0.29, 0.717) is 30.0 Å². The first-order chi connectivity index (χ1) is 15.3. The Morgan fingerprint density at radius 2 is 1.91 bits per heavy atom. The van der Waals surface area contributed by atoms with Crippen molar-refractivity contribution >= 4 is 27.5 Å². The lowest BCUT2D eigenvalue weighted by atomic mass is 9.89. The highest BCUT2D eigenvalue weighted by Crippen LogP contribution is 2.26. The van der Waals surface area contributed by atoms with Gasteiger partial charge in [0.2, 0.25) is 15.9 Å². The number of aryl methyl sites for hydroxylation is 2. The number of hydrogen-bond donors (Lipinski definition) is 1. The van der Waals surface area contributed by atoms with Crippen LogP contribution in [0.3, 0.4) is 0 Å². The number of rotatable bonds is 6. The van der Waals surface area contributed by atoms with Gasteiger partial charge in [0, 0.05) is 18.1 Å². The van der Waals surface area contributed by atoms with E-state index >= 15 is 0 Å². The summed E-state index contributed by atoms with van der Waals surface area (Å²) in [5, 5.41) is 3.64. The molecule has 1 fully saturated rings. The number of fused-ring (bicyclic) bond motifs is 1. The Kier molecular flexibility index (Phi) is 7.23. The van der Waals surface area contributed by atoms with E-state index in [0.717, 1.165) is 18.4 Å². The standard InChI is InChI=1S/C25H31ClN2O3S/c1-18(21-12-11-20-7-2-3-8-22(20)15-21)27-25(29)23-9-5-13-28(16-23)32(30,31)17-19-6-4-10-24(26)14-19/h4,6,10-12,14-15,18,23H,2-3,5,7-9,13,16-17H2,1H3,(H,27,29)/t18-,23-/m0/s1. The number of piperidine rings is 1. The molecular formula is C25H31ClN2O3S. The van der Waals surface area contributed by atoms with Crippen molar-refractivity contribution in [3.8, 4) is 0 Å². The lowest BCUT2D eigenvalue weighted by molar-refractivity contribution is -0.126. The van der Waals surface area contributed by atoms with Gasteiger partial charge in [-0.3, -0.25) is 4.79 Å². The molecular weight excluding hydrogens is 444 g/mol. The zero-order valence-corrected chi connectivity index (χ0v) is 20.1. The van der Waals surface area contributed by atoms with E-state index in [1.165, 1.54) is 28.3 Å². The summed E-state index contributed by atoms with van der Waals surface area (Å²) in [6, 6.07) is 13.3. The summed E-state index contributed by atoms with van der Waals surface area (Å²) in [6.07, 6.45) is 6.09. The Morgan fingerprint density at radius 1 is 1.12 bits per heavy atom. The molecule has 0 aromatic heterocycles. The Bertz CT molecular complexity index is 1090. The van der Waals surface area contributed by atoms with Gasteiger partial charge in [-0.15, -0.1) is 0 Å². The number of carbonyl (C=O) groups excluding carboxylic acids is 1. The minimum absolute atomic E-state index is 0.0714. The van der Waals surface area contributed by atoms with E-state index in [2.05, 4.69) is 23.5 Å². The maximum atomic E-state index is 13.0. The highest BCUT2D eigenvalue weighted by molar-refractivity contribution is 7.88. The Morgan fingerprint density at radius 3 is 2.69 bits per heavy atom. The van der Waals surface area contributed by atoms with Crippen LogP contribution in [0.2, 0.25) is 5.02 Å². The lowest BCUT2D eigenvalue weighted by Gasteiger charge is -2.32. The number of nitrogens with zero attached hydrogens (tertiary/aromatic N) is 1. The number of amides is 1. The van der Waals surface area contributed by atoms with E-state index in [1.54, 1.807) is 24.3 Å². The van der Waals surface area contributed by atoms with Gasteiger partial charge in [0.25, 0.3) is 0 Å². The lowest BCUT2D eigenvalue weighted by Crippen LogP contribution is -2.46. The van der Waals surface area contributed by atoms with Gasteiger partial charge in [-0.2, -0.15) is 0 Å². The van der Waals surface area contributed by atoms with Crippen molar-refractivity contribution in [2.45, 2.75) is 57.2 Å². The highest BCUT2D eigenvalue weighted by atomic mass is 35.5. The third kappa shape index (κ3) is 5.53. The molecule has 0 spiro atoms. The Labute approximate surface area is 196 Å². The molecule has 4 rings (SSSR count). The van der Waals surface area contributed by atoms with E-state index in [1.807, 2.05) is 6.92 Å². The smallest absolute Gasteiger partial charge is 0.224 e. The zero-order valence-electron chi connectivity index (χ0n) is 18.5. The van der Waals surface area contributed by atoms with Crippen molar-refractivity contribution in [3.63, 3.8) is 0 Å². The first-order valence-corrected chi connectivity index (χ1v) is 13.4. The monoisotopic (exact) mass is 474 g/mol. The molecule has 2 aromatic rings. The molecule has 1 aliphatic heterocycles. The van der Waals surface area contributed by atoms with E-state index in [4.69, 9.17) is 11.6 Å². The largest absolute Gasteiger partial charge is 0.349 e. The fourth-order valence-electron chi connectivity index (χ4n) is 4.78. The maximum Gasteiger partial charge on any atom is 0.224 e. The molecule has 0 radical (unpaired) electrons. The maximum absolute atomic E-state index is 13.0. The van der Waals surface area contributed by atoms with Crippen LogP contribution in [0.1, 0.15) is 60.9 Å². The summed E-state index contributed by atoms with van der Waals surface area (Å²) >= 11 is 6.00. The van der Waals surface area contributed by atoms with Crippen LogP contribution in [0, 0.1) is 5.92 Å². The zero-order chi connectivity index (χ0) is 22.7. The van der Waals surface area contributed by atoms with Crippen molar-refractivity contribution < 1.29 is 13.2 Å². The molecule has 0 saturated carbocycles. The number of sulfonamides is 1. The molecule has 1 N–H and O–H groups in total. The first kappa shape index (κ1) is 23.3. The van der Waals surface area contributed by atoms with Crippen LogP contribution in [0.15, 0.2) is 42.5 Å². The Balaban J connectivity index is 1.38. The van der Waals surface area contributed by atoms with E-state index in [9.17, 15) is 13.2 Å². The third-order valence-electron chi connectivity index (χ3n) is 6.62. The second-order valence-corrected chi connectivity index (χ2v) is 11.5. The van der Waals surface area contributed by atoms with Gasteiger partial charge < -0.3 is 5.32 Å². The van der Waals surface area contributed by atoms with Gasteiger partial charge in [-0.05, 0) is 79.8 Å². The first-order valence-electron chi connectivity index (χ1n) is 11.5. The number of carbonyl (C=O) groups is 1. The normalized spacial score (nSPS) is 20.4. The van der Waals surface area contributed by atoms with Crippen LogP contribution >= 0.6 is 11.6 Å². The average molecular weight is 475 g/mol. The van der Waals surface area contributed by atoms with Crippen molar-refractivity contribution in [2.24, 2.45) is 5.92 Å².